The summed E-state index contributed by atoms with van der Waals surface area (Å²) in [5, 5.41) is 16.3. The standard InChI is InChI=1S/C22H17N5O6S2/c23-15-3-5-16(6-4-15)24-25-17-7-9-18(10-8-17)26-27-21-12-2-14-1-11-19(34(28,29)30)13-20(14)22(21)35(31,32)33/h1-13H,23H2,(H,28,29,30)(H,31,32,33)/b25-24+,27-26+. The SMILES string of the molecule is Nc1ccc(/N=N/c2ccc(/N=N/c3ccc4ccc(S(=O)(=O)O)cc4c3S(=O)(=O)O)cc2)cc1. The molecule has 11 nitrogen and oxygen atoms in total. The molecule has 0 saturated carbocycles. The van der Waals surface area contributed by atoms with Crippen molar-refractivity contribution in [3.63, 3.8) is 0 Å². The molecule has 4 rings (SSSR count). The van der Waals surface area contributed by atoms with Gasteiger partial charge in [0.25, 0.3) is 20.2 Å². The number of anilines is 1. The first-order valence-corrected chi connectivity index (χ1v) is 12.7. The van der Waals surface area contributed by atoms with Crippen LogP contribution in [0.15, 0.2) is 109 Å². The molecule has 0 atom stereocenters. The number of nitrogens with two attached hydrogens (primary N) is 1. The number of nitrogen functional groups attached to an aromatic ring is 1. The summed E-state index contributed by atoms with van der Waals surface area (Å²) in [7, 11) is -9.44. The van der Waals surface area contributed by atoms with E-state index in [1.807, 2.05) is 0 Å². The van der Waals surface area contributed by atoms with E-state index in [4.69, 9.17) is 5.73 Å². The lowest BCUT2D eigenvalue weighted by Gasteiger charge is -2.08. The highest BCUT2D eigenvalue weighted by atomic mass is 32.2. The maximum atomic E-state index is 12.1. The van der Waals surface area contributed by atoms with Gasteiger partial charge in [-0.05, 0) is 72.1 Å². The molecule has 0 radical (unpaired) electrons. The molecule has 0 amide bonds. The molecule has 4 aromatic rings. The van der Waals surface area contributed by atoms with Crippen LogP contribution in [0.4, 0.5) is 28.4 Å². The summed E-state index contributed by atoms with van der Waals surface area (Å²) in [6, 6.07) is 19.4. The first-order valence-electron chi connectivity index (χ1n) is 9.81. The van der Waals surface area contributed by atoms with Crippen molar-refractivity contribution in [3.8, 4) is 0 Å². The lowest BCUT2D eigenvalue weighted by molar-refractivity contribution is 0.480. The molecule has 0 saturated heterocycles. The molecule has 4 aromatic carbocycles. The Morgan fingerprint density at radius 3 is 1.60 bits per heavy atom. The first-order chi connectivity index (χ1) is 16.5. The third-order valence-electron chi connectivity index (χ3n) is 4.78. The number of nitrogens with zero attached hydrogens (tertiary/aromatic N) is 4. The van der Waals surface area contributed by atoms with E-state index in [9.17, 15) is 25.9 Å². The minimum atomic E-state index is -4.84. The summed E-state index contributed by atoms with van der Waals surface area (Å²) in [4.78, 5) is -1.18. The van der Waals surface area contributed by atoms with Crippen molar-refractivity contribution in [1.82, 2.24) is 0 Å². The van der Waals surface area contributed by atoms with Gasteiger partial charge in [-0.15, -0.1) is 5.11 Å². The third-order valence-corrected chi connectivity index (χ3v) is 6.57. The van der Waals surface area contributed by atoms with Crippen molar-refractivity contribution in [1.29, 1.82) is 0 Å². The Bertz CT molecular complexity index is 1680. The van der Waals surface area contributed by atoms with Gasteiger partial charge in [-0.25, -0.2) is 0 Å². The molecule has 0 aliphatic heterocycles. The number of hydrogen-bond acceptors (Lipinski definition) is 9. The van der Waals surface area contributed by atoms with Crippen LogP contribution in [0.2, 0.25) is 0 Å². The second kappa shape index (κ2) is 9.31. The van der Waals surface area contributed by atoms with Gasteiger partial charge in [0.15, 0.2) is 0 Å². The lowest BCUT2D eigenvalue weighted by atomic mass is 10.1. The molecule has 0 bridgehead atoms. The van der Waals surface area contributed by atoms with Gasteiger partial charge >= 0.3 is 0 Å². The van der Waals surface area contributed by atoms with Crippen LogP contribution in [-0.4, -0.2) is 25.9 Å². The predicted octanol–water partition coefficient (Wildman–Crippen LogP) is 5.75. The number of azo groups is 2. The van der Waals surface area contributed by atoms with Crippen LogP contribution in [0.25, 0.3) is 10.8 Å². The van der Waals surface area contributed by atoms with Crippen molar-refractivity contribution in [2.75, 3.05) is 5.73 Å². The zero-order chi connectivity index (χ0) is 25.2. The molecule has 0 heterocycles. The summed E-state index contributed by atoms with van der Waals surface area (Å²) in [5.41, 5.74) is 7.52. The Kier molecular flexibility index (Phi) is 6.41. The molecular weight excluding hydrogens is 494 g/mol. The van der Waals surface area contributed by atoms with E-state index in [2.05, 4.69) is 20.5 Å². The van der Waals surface area contributed by atoms with Gasteiger partial charge in [-0.3, -0.25) is 9.11 Å². The van der Waals surface area contributed by atoms with Crippen LogP contribution < -0.4 is 5.73 Å². The maximum Gasteiger partial charge on any atom is 0.297 e. The van der Waals surface area contributed by atoms with Crippen molar-refractivity contribution in [2.24, 2.45) is 20.5 Å². The quantitative estimate of drug-likeness (QED) is 0.167. The van der Waals surface area contributed by atoms with E-state index in [1.54, 1.807) is 48.5 Å². The molecule has 0 aliphatic rings. The van der Waals surface area contributed by atoms with Gasteiger partial charge in [0.2, 0.25) is 0 Å². The Morgan fingerprint density at radius 2 is 1.09 bits per heavy atom. The molecule has 13 heteroatoms. The lowest BCUT2D eigenvalue weighted by Crippen LogP contribution is -2.02. The van der Waals surface area contributed by atoms with Crippen molar-refractivity contribution in [2.45, 2.75) is 9.79 Å². The number of hydrogen-bond donors (Lipinski definition) is 3. The minimum absolute atomic E-state index is 0.141. The van der Waals surface area contributed by atoms with E-state index in [0.29, 0.717) is 28.1 Å². The van der Waals surface area contributed by atoms with Crippen LogP contribution >= 0.6 is 0 Å². The molecule has 0 fully saturated rings. The average Bonchev–Trinajstić information content (AvgIpc) is 2.81. The van der Waals surface area contributed by atoms with Crippen molar-refractivity contribution in [3.05, 3.63) is 78.9 Å². The topological polar surface area (TPSA) is 184 Å². The van der Waals surface area contributed by atoms with E-state index in [-0.39, 0.29) is 11.1 Å². The zero-order valence-corrected chi connectivity index (χ0v) is 19.3. The first kappa shape index (κ1) is 24.1. The van der Waals surface area contributed by atoms with Gasteiger partial charge < -0.3 is 5.73 Å². The molecular formula is C22H17N5O6S2. The van der Waals surface area contributed by atoms with Crippen molar-refractivity contribution >= 4 is 59.4 Å². The molecule has 178 valence electrons. The largest absolute Gasteiger partial charge is 0.399 e. The number of rotatable bonds is 6. The smallest absolute Gasteiger partial charge is 0.297 e. The number of fused-ring (bicyclic) bond motifs is 1. The highest BCUT2D eigenvalue weighted by Crippen LogP contribution is 2.35. The van der Waals surface area contributed by atoms with Gasteiger partial charge in [0.05, 0.1) is 22.0 Å². The molecule has 0 aliphatic carbocycles. The minimum Gasteiger partial charge on any atom is -0.399 e. The van der Waals surface area contributed by atoms with Gasteiger partial charge in [-0.2, -0.15) is 32.2 Å². The zero-order valence-electron chi connectivity index (χ0n) is 17.7. The van der Waals surface area contributed by atoms with E-state index in [0.717, 1.165) is 12.1 Å². The summed E-state index contributed by atoms with van der Waals surface area (Å²) in [6.45, 7) is 0. The average molecular weight is 512 g/mol. The van der Waals surface area contributed by atoms with Gasteiger partial charge in [0, 0.05) is 11.1 Å². The second-order valence-electron chi connectivity index (χ2n) is 7.25. The Hall–Kier alpha value is -4.04. The summed E-state index contributed by atoms with van der Waals surface area (Å²) in [5.74, 6) is 0. The van der Waals surface area contributed by atoms with E-state index >= 15 is 0 Å². The van der Waals surface area contributed by atoms with Crippen LogP contribution in [0.3, 0.4) is 0 Å². The Labute approximate surface area is 200 Å². The fourth-order valence-electron chi connectivity index (χ4n) is 3.12. The van der Waals surface area contributed by atoms with E-state index in [1.165, 1.54) is 18.2 Å². The summed E-state index contributed by atoms with van der Waals surface area (Å²) in [6.07, 6.45) is 0. The van der Waals surface area contributed by atoms with E-state index < -0.39 is 30.0 Å². The molecule has 35 heavy (non-hydrogen) atoms. The fraction of sp³-hybridized carbons (Fsp3) is 0. The van der Waals surface area contributed by atoms with Crippen LogP contribution in [0.5, 0.6) is 0 Å². The highest BCUT2D eigenvalue weighted by Gasteiger charge is 2.22. The number of benzene rings is 4. The van der Waals surface area contributed by atoms with Crippen LogP contribution in [0, 0.1) is 0 Å². The summed E-state index contributed by atoms with van der Waals surface area (Å²) >= 11 is 0. The maximum absolute atomic E-state index is 12.1. The highest BCUT2D eigenvalue weighted by molar-refractivity contribution is 7.86. The second-order valence-corrected chi connectivity index (χ2v) is 10.0. The van der Waals surface area contributed by atoms with Gasteiger partial charge in [-0.1, -0.05) is 12.1 Å². The van der Waals surface area contributed by atoms with Gasteiger partial charge in [0.1, 0.15) is 10.6 Å². The van der Waals surface area contributed by atoms with Crippen LogP contribution in [-0.2, 0) is 20.2 Å². The molecule has 4 N–H and O–H groups in total. The Balaban J connectivity index is 1.66. The van der Waals surface area contributed by atoms with Crippen LogP contribution in [0.1, 0.15) is 0 Å². The normalized spacial score (nSPS) is 12.6. The molecule has 0 aromatic heterocycles. The molecule has 0 unspecified atom stereocenters. The fourth-order valence-corrected chi connectivity index (χ4v) is 4.46. The Morgan fingerprint density at radius 1 is 0.600 bits per heavy atom. The van der Waals surface area contributed by atoms with Crippen molar-refractivity contribution < 1.29 is 25.9 Å². The molecule has 0 spiro atoms. The monoisotopic (exact) mass is 511 g/mol. The summed E-state index contributed by atoms with van der Waals surface area (Å²) < 4.78 is 66.3. The third kappa shape index (κ3) is 5.73. The predicted molar refractivity (Wildman–Crippen MR) is 129 cm³/mol.